The molecule has 0 saturated heterocycles. The zero-order valence-corrected chi connectivity index (χ0v) is 11.9. The normalized spacial score (nSPS) is 12.8. The summed E-state index contributed by atoms with van der Waals surface area (Å²) in [5.41, 5.74) is -0.653. The number of phenols is 1. The van der Waals surface area contributed by atoms with E-state index in [4.69, 9.17) is 5.11 Å². The monoisotopic (exact) mass is 345 g/mol. The van der Waals surface area contributed by atoms with Crippen molar-refractivity contribution in [3.8, 4) is 5.75 Å². The van der Waals surface area contributed by atoms with Gasteiger partial charge in [0.2, 0.25) is 0 Å². The van der Waals surface area contributed by atoms with Crippen molar-refractivity contribution in [2.75, 3.05) is 0 Å². The number of nitrogens with one attached hydrogen (secondary N) is 1. The predicted molar refractivity (Wildman–Crippen MR) is 75.1 cm³/mol. The third-order valence-electron chi connectivity index (χ3n) is 3.25. The minimum Gasteiger partial charge on any atom is -0.506 e. The SMILES string of the molecule is O=C(NC(CC(F)(F)F)C(=O)O)c1cc(F)c2ccccc2c1O. The number of fused-ring (bicyclic) bond motifs is 1. The number of aliphatic carboxylic acids is 1. The molecule has 24 heavy (non-hydrogen) atoms. The number of hydrogen-bond acceptors (Lipinski definition) is 3. The molecule has 0 saturated carbocycles. The second kappa shape index (κ2) is 6.34. The molecular formula is C15H11F4NO4. The first-order chi connectivity index (χ1) is 11.1. The highest BCUT2D eigenvalue weighted by atomic mass is 19.4. The van der Waals surface area contributed by atoms with Crippen molar-refractivity contribution in [3.63, 3.8) is 0 Å². The summed E-state index contributed by atoms with van der Waals surface area (Å²) in [6, 6.07) is 4.00. The number of halogens is 4. The van der Waals surface area contributed by atoms with E-state index >= 15 is 0 Å². The largest absolute Gasteiger partial charge is 0.506 e. The first kappa shape index (κ1) is 17.5. The van der Waals surface area contributed by atoms with Crippen LogP contribution in [0.1, 0.15) is 16.8 Å². The summed E-state index contributed by atoms with van der Waals surface area (Å²) >= 11 is 0. The molecule has 9 heteroatoms. The van der Waals surface area contributed by atoms with Crippen molar-refractivity contribution in [3.05, 3.63) is 41.7 Å². The zero-order chi connectivity index (χ0) is 18.1. The zero-order valence-electron chi connectivity index (χ0n) is 11.9. The number of carboxylic acids is 1. The van der Waals surface area contributed by atoms with E-state index in [0.717, 1.165) is 0 Å². The smallest absolute Gasteiger partial charge is 0.391 e. The Kier molecular flexibility index (Phi) is 4.63. The Morgan fingerprint density at radius 1 is 1.17 bits per heavy atom. The molecule has 128 valence electrons. The van der Waals surface area contributed by atoms with Gasteiger partial charge < -0.3 is 15.5 Å². The third kappa shape index (κ3) is 3.73. The van der Waals surface area contributed by atoms with Gasteiger partial charge >= 0.3 is 12.1 Å². The number of alkyl halides is 3. The Bertz CT molecular complexity index is 804. The van der Waals surface area contributed by atoms with Gasteiger partial charge in [-0.1, -0.05) is 24.3 Å². The number of benzene rings is 2. The Hall–Kier alpha value is -2.84. The van der Waals surface area contributed by atoms with Crippen molar-refractivity contribution in [2.45, 2.75) is 18.6 Å². The molecule has 2 aromatic rings. The lowest BCUT2D eigenvalue weighted by molar-refractivity contribution is -0.157. The van der Waals surface area contributed by atoms with E-state index in [1.807, 2.05) is 0 Å². The molecule has 1 amide bonds. The number of amides is 1. The lowest BCUT2D eigenvalue weighted by atomic mass is 10.0. The van der Waals surface area contributed by atoms with Crippen molar-refractivity contribution in [2.24, 2.45) is 0 Å². The van der Waals surface area contributed by atoms with Crippen LogP contribution in [0.25, 0.3) is 10.8 Å². The molecule has 5 nitrogen and oxygen atoms in total. The molecule has 0 aliphatic rings. The third-order valence-corrected chi connectivity index (χ3v) is 3.25. The molecule has 0 fully saturated rings. The molecule has 0 aliphatic carbocycles. The molecular weight excluding hydrogens is 334 g/mol. The summed E-state index contributed by atoms with van der Waals surface area (Å²) in [6.07, 6.45) is -6.63. The number of aromatic hydroxyl groups is 1. The van der Waals surface area contributed by atoms with E-state index in [0.29, 0.717) is 6.07 Å². The lowest BCUT2D eigenvalue weighted by Gasteiger charge is -2.17. The maximum Gasteiger partial charge on any atom is 0.391 e. The van der Waals surface area contributed by atoms with Crippen LogP contribution in [0.2, 0.25) is 0 Å². The molecule has 3 N–H and O–H groups in total. The molecule has 0 radical (unpaired) electrons. The van der Waals surface area contributed by atoms with Gasteiger partial charge in [0.25, 0.3) is 5.91 Å². The highest BCUT2D eigenvalue weighted by molar-refractivity contribution is 6.04. The summed E-state index contributed by atoms with van der Waals surface area (Å²) in [4.78, 5) is 22.9. The van der Waals surface area contributed by atoms with E-state index in [-0.39, 0.29) is 10.8 Å². The number of carbonyl (C=O) groups is 2. The van der Waals surface area contributed by atoms with Gasteiger partial charge in [0, 0.05) is 10.8 Å². The molecule has 0 spiro atoms. The fraction of sp³-hybridized carbons (Fsp3) is 0.200. The number of phenolic OH excluding ortho intramolecular Hbond substituents is 1. The number of rotatable bonds is 4. The summed E-state index contributed by atoms with van der Waals surface area (Å²) in [6.45, 7) is 0. The van der Waals surface area contributed by atoms with Crippen LogP contribution in [0.3, 0.4) is 0 Å². The Balaban J connectivity index is 2.37. The molecule has 1 atom stereocenters. The van der Waals surface area contributed by atoms with Gasteiger partial charge in [-0.25, -0.2) is 9.18 Å². The summed E-state index contributed by atoms with van der Waals surface area (Å²) in [5.74, 6) is -4.76. The standard InChI is InChI=1S/C15H11F4NO4/c16-10-5-9(12(21)8-4-2-1-3-7(8)10)13(22)20-11(14(23)24)6-15(17,18)19/h1-5,11,21H,6H2,(H,20,22)(H,23,24). The molecule has 2 aromatic carbocycles. The summed E-state index contributed by atoms with van der Waals surface area (Å²) < 4.78 is 51.0. The summed E-state index contributed by atoms with van der Waals surface area (Å²) in [5, 5.41) is 20.4. The van der Waals surface area contributed by atoms with Crippen LogP contribution in [0.4, 0.5) is 17.6 Å². The van der Waals surface area contributed by atoms with E-state index in [2.05, 4.69) is 0 Å². The average Bonchev–Trinajstić information content (AvgIpc) is 2.48. The van der Waals surface area contributed by atoms with Gasteiger partial charge in [-0.05, 0) is 6.07 Å². The van der Waals surface area contributed by atoms with Gasteiger partial charge in [0.15, 0.2) is 0 Å². The Morgan fingerprint density at radius 2 is 1.75 bits per heavy atom. The number of hydrogen-bond donors (Lipinski definition) is 3. The quantitative estimate of drug-likeness (QED) is 0.744. The van der Waals surface area contributed by atoms with E-state index in [9.17, 15) is 32.3 Å². The van der Waals surface area contributed by atoms with Crippen LogP contribution in [-0.4, -0.2) is 34.3 Å². The van der Waals surface area contributed by atoms with Crippen molar-refractivity contribution in [1.29, 1.82) is 0 Å². The molecule has 2 rings (SSSR count). The van der Waals surface area contributed by atoms with Crippen LogP contribution < -0.4 is 5.32 Å². The van der Waals surface area contributed by atoms with E-state index < -0.39 is 47.6 Å². The average molecular weight is 345 g/mol. The van der Waals surface area contributed by atoms with E-state index in [1.54, 1.807) is 5.32 Å². The van der Waals surface area contributed by atoms with Crippen LogP contribution in [0.5, 0.6) is 5.75 Å². The topological polar surface area (TPSA) is 86.6 Å². The van der Waals surface area contributed by atoms with Crippen molar-refractivity contribution < 1.29 is 37.4 Å². The van der Waals surface area contributed by atoms with Gasteiger partial charge in [-0.2, -0.15) is 13.2 Å². The van der Waals surface area contributed by atoms with Crippen LogP contribution in [0.15, 0.2) is 30.3 Å². The molecule has 1 unspecified atom stereocenters. The van der Waals surface area contributed by atoms with Crippen molar-refractivity contribution in [1.82, 2.24) is 5.32 Å². The van der Waals surface area contributed by atoms with Crippen LogP contribution in [0, 0.1) is 5.82 Å². The van der Waals surface area contributed by atoms with Gasteiger partial charge in [-0.3, -0.25) is 4.79 Å². The summed E-state index contributed by atoms with van der Waals surface area (Å²) in [7, 11) is 0. The minimum atomic E-state index is -4.83. The fourth-order valence-corrected chi connectivity index (χ4v) is 2.16. The highest BCUT2D eigenvalue weighted by Crippen LogP contribution is 2.31. The molecule has 0 aliphatic heterocycles. The van der Waals surface area contributed by atoms with Gasteiger partial charge in [0.05, 0.1) is 12.0 Å². The lowest BCUT2D eigenvalue weighted by Crippen LogP contribution is -2.43. The van der Waals surface area contributed by atoms with Gasteiger partial charge in [0.1, 0.15) is 17.6 Å². The van der Waals surface area contributed by atoms with Crippen molar-refractivity contribution >= 4 is 22.6 Å². The highest BCUT2D eigenvalue weighted by Gasteiger charge is 2.36. The number of carboxylic acid groups (broad SMARTS) is 1. The number of carbonyl (C=O) groups excluding carboxylic acids is 1. The van der Waals surface area contributed by atoms with Crippen LogP contribution in [-0.2, 0) is 4.79 Å². The second-order valence-electron chi connectivity index (χ2n) is 4.98. The molecule has 0 aromatic heterocycles. The first-order valence-corrected chi connectivity index (χ1v) is 6.61. The fourth-order valence-electron chi connectivity index (χ4n) is 2.16. The van der Waals surface area contributed by atoms with Crippen LogP contribution >= 0.6 is 0 Å². The Morgan fingerprint density at radius 3 is 2.29 bits per heavy atom. The second-order valence-corrected chi connectivity index (χ2v) is 4.98. The maximum atomic E-state index is 14.0. The first-order valence-electron chi connectivity index (χ1n) is 6.61. The van der Waals surface area contributed by atoms with E-state index in [1.165, 1.54) is 24.3 Å². The van der Waals surface area contributed by atoms with Gasteiger partial charge in [-0.15, -0.1) is 0 Å². The Labute approximate surface area is 132 Å². The minimum absolute atomic E-state index is 0.0108. The molecule has 0 bridgehead atoms. The maximum absolute atomic E-state index is 14.0. The molecule has 0 heterocycles. The predicted octanol–water partition coefficient (Wildman–Crippen LogP) is 2.82.